The molecule has 1 aliphatic rings. The molecule has 0 saturated carbocycles. The van der Waals surface area contributed by atoms with Gasteiger partial charge in [-0.15, -0.1) is 0 Å². The molecular formula is C28H28BrN3O5S. The molecule has 0 saturated heterocycles. The molecule has 0 unspecified atom stereocenters. The molecule has 3 aromatic carbocycles. The van der Waals surface area contributed by atoms with Gasteiger partial charge in [0.05, 0.1) is 5.56 Å². The Kier molecular flexibility index (Phi) is 8.32. The molecule has 10 heteroatoms. The number of carbonyl (C=O) groups is 3. The average Bonchev–Trinajstić information content (AvgIpc) is 3.07. The minimum Gasteiger partial charge on any atom is -0.352 e. The van der Waals surface area contributed by atoms with E-state index < -0.39 is 34.4 Å². The van der Waals surface area contributed by atoms with Crippen LogP contribution in [0.5, 0.6) is 0 Å². The largest absolute Gasteiger partial charge is 0.352 e. The van der Waals surface area contributed by atoms with E-state index in [0.717, 1.165) is 15.6 Å². The van der Waals surface area contributed by atoms with Crippen LogP contribution in [-0.4, -0.2) is 54.0 Å². The summed E-state index contributed by atoms with van der Waals surface area (Å²) in [6, 6.07) is 21.3. The van der Waals surface area contributed by atoms with Gasteiger partial charge in [0.25, 0.3) is 15.9 Å². The molecule has 0 fully saturated rings. The first kappa shape index (κ1) is 27.5. The van der Waals surface area contributed by atoms with Crippen LogP contribution < -0.4 is 5.32 Å². The maximum absolute atomic E-state index is 13.9. The molecular weight excluding hydrogens is 570 g/mol. The highest BCUT2D eigenvalue weighted by molar-refractivity contribution is 9.10. The Morgan fingerprint density at radius 3 is 2.26 bits per heavy atom. The molecule has 8 nitrogen and oxygen atoms in total. The van der Waals surface area contributed by atoms with Gasteiger partial charge < -0.3 is 10.2 Å². The molecule has 3 amide bonds. The fourth-order valence-electron chi connectivity index (χ4n) is 4.37. The van der Waals surface area contributed by atoms with Crippen molar-refractivity contribution < 1.29 is 22.8 Å². The van der Waals surface area contributed by atoms with Gasteiger partial charge in [0.15, 0.2) is 0 Å². The third kappa shape index (κ3) is 5.97. The average molecular weight is 599 g/mol. The lowest BCUT2D eigenvalue weighted by Crippen LogP contribution is -2.54. The summed E-state index contributed by atoms with van der Waals surface area (Å²) in [5.74, 6) is -1.79. The lowest BCUT2D eigenvalue weighted by atomic mass is 10.0. The summed E-state index contributed by atoms with van der Waals surface area (Å²) in [5.41, 5.74) is 1.60. The lowest BCUT2D eigenvalue weighted by Gasteiger charge is -2.33. The van der Waals surface area contributed by atoms with Crippen molar-refractivity contribution in [2.45, 2.75) is 43.8 Å². The predicted molar refractivity (Wildman–Crippen MR) is 147 cm³/mol. The highest BCUT2D eigenvalue weighted by atomic mass is 79.9. The molecule has 38 heavy (non-hydrogen) atoms. The Balaban J connectivity index is 1.72. The Morgan fingerprint density at radius 2 is 1.61 bits per heavy atom. The number of halogens is 1. The van der Waals surface area contributed by atoms with Crippen LogP contribution in [0.3, 0.4) is 0 Å². The van der Waals surface area contributed by atoms with E-state index in [2.05, 4.69) is 21.2 Å². The minimum absolute atomic E-state index is 0.0252. The van der Waals surface area contributed by atoms with Crippen LogP contribution in [0, 0.1) is 0 Å². The zero-order chi connectivity index (χ0) is 27.4. The summed E-state index contributed by atoms with van der Waals surface area (Å²) in [7, 11) is -4.20. The van der Waals surface area contributed by atoms with Crippen LogP contribution in [0.1, 0.15) is 35.3 Å². The maximum Gasteiger partial charge on any atom is 0.269 e. The molecule has 1 heterocycles. The minimum atomic E-state index is -4.20. The van der Waals surface area contributed by atoms with Gasteiger partial charge in [0.1, 0.15) is 17.5 Å². The van der Waals surface area contributed by atoms with Crippen LogP contribution >= 0.6 is 15.9 Å². The molecule has 1 N–H and O–H groups in total. The fourth-order valence-corrected chi connectivity index (χ4v) is 6.33. The number of hydrogen-bond acceptors (Lipinski definition) is 5. The molecule has 0 radical (unpaired) electrons. The van der Waals surface area contributed by atoms with E-state index in [1.54, 1.807) is 6.07 Å². The van der Waals surface area contributed by atoms with Gasteiger partial charge in [-0.3, -0.25) is 14.4 Å². The van der Waals surface area contributed by atoms with Gasteiger partial charge in [-0.05, 0) is 49.2 Å². The standard InChI is InChI=1S/C28H28BrN3O5S/c1-19(2)30-27(34)24(16-20-9-4-3-5-10-20)31(17-21-11-8-12-22(29)15-21)26(33)18-32-28(35)23-13-6-7-14-25(23)38(32,36)37/h3-15,19,24H,16-18H2,1-2H3,(H,30,34)/t24-/m1/s1. The highest BCUT2D eigenvalue weighted by Gasteiger charge is 2.43. The van der Waals surface area contributed by atoms with Crippen molar-refractivity contribution in [1.82, 2.24) is 14.5 Å². The third-order valence-electron chi connectivity index (χ3n) is 6.13. The number of nitrogens with one attached hydrogen (secondary N) is 1. The number of nitrogens with zero attached hydrogens (tertiary/aromatic N) is 2. The van der Waals surface area contributed by atoms with Crippen molar-refractivity contribution in [2.75, 3.05) is 6.54 Å². The second-order valence-corrected chi connectivity index (χ2v) is 12.1. The fraction of sp³-hybridized carbons (Fsp3) is 0.250. The Morgan fingerprint density at radius 1 is 0.947 bits per heavy atom. The zero-order valence-corrected chi connectivity index (χ0v) is 23.4. The van der Waals surface area contributed by atoms with E-state index in [0.29, 0.717) is 4.31 Å². The first-order valence-electron chi connectivity index (χ1n) is 12.1. The number of sulfonamides is 1. The van der Waals surface area contributed by atoms with Gasteiger partial charge >= 0.3 is 0 Å². The number of benzene rings is 3. The quantitative estimate of drug-likeness (QED) is 0.404. The van der Waals surface area contributed by atoms with Crippen molar-refractivity contribution in [1.29, 1.82) is 0 Å². The van der Waals surface area contributed by atoms with E-state index in [1.807, 2.05) is 68.4 Å². The number of amides is 3. The van der Waals surface area contributed by atoms with E-state index in [1.165, 1.54) is 23.1 Å². The highest BCUT2D eigenvalue weighted by Crippen LogP contribution is 2.30. The van der Waals surface area contributed by atoms with E-state index in [4.69, 9.17) is 0 Å². The number of carbonyl (C=O) groups excluding carboxylic acids is 3. The Bertz CT molecular complexity index is 1460. The maximum atomic E-state index is 13.9. The van der Waals surface area contributed by atoms with Gasteiger partial charge in [-0.1, -0.05) is 70.5 Å². The molecule has 1 atom stereocenters. The van der Waals surface area contributed by atoms with Crippen LogP contribution in [-0.2, 0) is 32.6 Å². The molecule has 0 aromatic heterocycles. The number of fused-ring (bicyclic) bond motifs is 1. The first-order chi connectivity index (χ1) is 18.1. The zero-order valence-electron chi connectivity index (χ0n) is 21.0. The smallest absolute Gasteiger partial charge is 0.269 e. The molecule has 0 bridgehead atoms. The SMILES string of the molecule is CC(C)NC(=O)[C@@H](Cc1ccccc1)N(Cc1cccc(Br)c1)C(=O)CN1C(=O)c2ccccc2S1(=O)=O. The van der Waals surface area contributed by atoms with Crippen molar-refractivity contribution in [3.8, 4) is 0 Å². The van der Waals surface area contributed by atoms with Gasteiger partial charge in [-0.2, -0.15) is 0 Å². The summed E-state index contributed by atoms with van der Waals surface area (Å²) in [6.07, 6.45) is 0.208. The van der Waals surface area contributed by atoms with E-state index >= 15 is 0 Å². The molecule has 0 aliphatic carbocycles. The van der Waals surface area contributed by atoms with Crippen LogP contribution in [0.15, 0.2) is 88.2 Å². The summed E-state index contributed by atoms with van der Waals surface area (Å²) < 4.78 is 27.7. The van der Waals surface area contributed by atoms with Crippen molar-refractivity contribution in [2.24, 2.45) is 0 Å². The van der Waals surface area contributed by atoms with Crippen LogP contribution in [0.25, 0.3) is 0 Å². The van der Waals surface area contributed by atoms with E-state index in [9.17, 15) is 22.8 Å². The van der Waals surface area contributed by atoms with Gasteiger partial charge in [0, 0.05) is 23.5 Å². The summed E-state index contributed by atoms with van der Waals surface area (Å²) >= 11 is 3.44. The Hall–Kier alpha value is -3.50. The summed E-state index contributed by atoms with van der Waals surface area (Å²) in [4.78, 5) is 41.6. The number of hydrogen-bond donors (Lipinski definition) is 1. The second-order valence-electron chi connectivity index (χ2n) is 9.33. The molecule has 1 aliphatic heterocycles. The normalized spacial score (nSPS) is 14.7. The lowest BCUT2D eigenvalue weighted by molar-refractivity contribution is -0.141. The monoisotopic (exact) mass is 597 g/mol. The molecule has 4 rings (SSSR count). The second kappa shape index (κ2) is 11.5. The molecule has 198 valence electrons. The van der Waals surface area contributed by atoms with Crippen molar-refractivity contribution in [3.63, 3.8) is 0 Å². The van der Waals surface area contributed by atoms with E-state index in [-0.39, 0.29) is 35.4 Å². The van der Waals surface area contributed by atoms with Gasteiger partial charge in [-0.25, -0.2) is 12.7 Å². The third-order valence-corrected chi connectivity index (χ3v) is 8.42. The Labute approximate surface area is 230 Å². The summed E-state index contributed by atoms with van der Waals surface area (Å²) in [5, 5.41) is 2.89. The topological polar surface area (TPSA) is 104 Å². The molecule has 0 spiro atoms. The molecule has 3 aromatic rings. The van der Waals surface area contributed by atoms with Crippen molar-refractivity contribution >= 4 is 43.7 Å². The van der Waals surface area contributed by atoms with Gasteiger partial charge in [0.2, 0.25) is 11.8 Å². The van der Waals surface area contributed by atoms with Crippen LogP contribution in [0.2, 0.25) is 0 Å². The van der Waals surface area contributed by atoms with Crippen molar-refractivity contribution in [3.05, 3.63) is 100 Å². The van der Waals surface area contributed by atoms with Crippen LogP contribution in [0.4, 0.5) is 0 Å². The first-order valence-corrected chi connectivity index (χ1v) is 14.4. The number of rotatable bonds is 9. The summed E-state index contributed by atoms with van der Waals surface area (Å²) in [6.45, 7) is 2.97. The predicted octanol–water partition coefficient (Wildman–Crippen LogP) is 3.76.